The van der Waals surface area contributed by atoms with Gasteiger partial charge in [0.25, 0.3) is 11.5 Å². The zero-order valence-electron chi connectivity index (χ0n) is 21.5. The van der Waals surface area contributed by atoms with Crippen LogP contribution in [0.4, 0.5) is 10.5 Å². The fourth-order valence-electron chi connectivity index (χ4n) is 4.88. The molecule has 2 N–H and O–H groups in total. The van der Waals surface area contributed by atoms with Gasteiger partial charge in [-0.1, -0.05) is 24.3 Å². The summed E-state index contributed by atoms with van der Waals surface area (Å²) in [5.41, 5.74) is 3.24. The van der Waals surface area contributed by atoms with Crippen molar-refractivity contribution in [3.63, 3.8) is 0 Å². The molecule has 2 aromatic carbocycles. The predicted octanol–water partition coefficient (Wildman–Crippen LogP) is 4.85. The van der Waals surface area contributed by atoms with Crippen LogP contribution in [0.5, 0.6) is 0 Å². The van der Waals surface area contributed by atoms with Crippen LogP contribution in [0, 0.1) is 6.92 Å². The minimum atomic E-state index is -0.547. The van der Waals surface area contributed by atoms with Crippen molar-refractivity contribution in [2.75, 3.05) is 18.4 Å². The second-order valence-corrected chi connectivity index (χ2v) is 10.5. The number of fused-ring (bicyclic) bond motifs is 3. The van der Waals surface area contributed by atoms with Crippen molar-refractivity contribution in [2.45, 2.75) is 52.1 Å². The second-order valence-electron chi connectivity index (χ2n) is 10.5. The Morgan fingerprint density at radius 2 is 1.81 bits per heavy atom. The minimum absolute atomic E-state index is 0.0443. The van der Waals surface area contributed by atoms with Gasteiger partial charge in [-0.15, -0.1) is 0 Å². The molecule has 0 bridgehead atoms. The molecule has 0 saturated carbocycles. The maximum Gasteiger partial charge on any atom is 0.410 e. The number of carbonyl (C=O) groups excluding carboxylic acids is 2. The molecule has 0 unspecified atom stereocenters. The number of piperidine rings is 1. The number of H-pyrrole nitrogens is 1. The van der Waals surface area contributed by atoms with E-state index in [4.69, 9.17) is 9.84 Å². The average Bonchev–Trinajstić information content (AvgIpc) is 3.22. The fourth-order valence-corrected chi connectivity index (χ4v) is 4.88. The Kier molecular flexibility index (Phi) is 6.23. The summed E-state index contributed by atoms with van der Waals surface area (Å²) in [6, 6.07) is 14.5. The van der Waals surface area contributed by atoms with Gasteiger partial charge < -0.3 is 19.9 Å². The number of aromatic amines is 1. The van der Waals surface area contributed by atoms with E-state index in [2.05, 4.69) is 10.3 Å². The number of hydrogen-bond acceptors (Lipinski definition) is 5. The highest BCUT2D eigenvalue weighted by atomic mass is 16.6. The highest BCUT2D eigenvalue weighted by Gasteiger charge is 2.29. The van der Waals surface area contributed by atoms with Crippen LogP contribution in [0.2, 0.25) is 0 Å². The van der Waals surface area contributed by atoms with Crippen LogP contribution >= 0.6 is 0 Å². The van der Waals surface area contributed by atoms with E-state index in [1.807, 2.05) is 64.1 Å². The van der Waals surface area contributed by atoms with E-state index in [0.717, 1.165) is 11.3 Å². The van der Waals surface area contributed by atoms with E-state index >= 15 is 0 Å². The Morgan fingerprint density at radius 1 is 1.08 bits per heavy atom. The first-order chi connectivity index (χ1) is 17.6. The first-order valence-corrected chi connectivity index (χ1v) is 12.5. The van der Waals surface area contributed by atoms with E-state index in [1.54, 1.807) is 21.5 Å². The number of aromatic nitrogens is 3. The summed E-state index contributed by atoms with van der Waals surface area (Å²) in [6.45, 7) is 8.52. The first-order valence-electron chi connectivity index (χ1n) is 12.5. The molecule has 2 amide bonds. The zero-order valence-corrected chi connectivity index (χ0v) is 21.5. The van der Waals surface area contributed by atoms with Crippen LogP contribution in [-0.4, -0.2) is 50.2 Å². The molecule has 192 valence electrons. The van der Waals surface area contributed by atoms with Gasteiger partial charge in [0, 0.05) is 30.6 Å². The number of benzene rings is 2. The summed E-state index contributed by atoms with van der Waals surface area (Å²) >= 11 is 0. The molecule has 0 spiro atoms. The largest absolute Gasteiger partial charge is 0.444 e. The Hall–Kier alpha value is -4.14. The second kappa shape index (κ2) is 9.38. The molecule has 5 rings (SSSR count). The normalized spacial score (nSPS) is 14.8. The summed E-state index contributed by atoms with van der Waals surface area (Å²) in [5.74, 6) is -0.180. The van der Waals surface area contributed by atoms with Crippen LogP contribution in [0.15, 0.2) is 53.3 Å². The van der Waals surface area contributed by atoms with E-state index in [9.17, 15) is 14.4 Å². The van der Waals surface area contributed by atoms with Crippen molar-refractivity contribution in [1.82, 2.24) is 19.5 Å². The molecule has 37 heavy (non-hydrogen) atoms. The number of carbonyl (C=O) groups is 2. The fraction of sp³-hybridized carbons (Fsp3) is 0.357. The molecule has 0 atom stereocenters. The maximum atomic E-state index is 13.0. The van der Waals surface area contributed by atoms with Gasteiger partial charge in [0.05, 0.1) is 22.3 Å². The van der Waals surface area contributed by atoms with Crippen LogP contribution in [0.1, 0.15) is 61.1 Å². The number of rotatable bonds is 3. The SMILES string of the molecule is Cc1ccccc1C(=O)Nc1cccc2nn3c(C4CCN(C(=O)OC(C)(C)C)CC4)cc(=O)[nH]c3c12. The van der Waals surface area contributed by atoms with Gasteiger partial charge in [0.2, 0.25) is 0 Å². The summed E-state index contributed by atoms with van der Waals surface area (Å²) in [7, 11) is 0. The molecule has 9 nitrogen and oxygen atoms in total. The monoisotopic (exact) mass is 501 g/mol. The molecule has 0 radical (unpaired) electrons. The molecule has 9 heteroatoms. The smallest absolute Gasteiger partial charge is 0.410 e. The Bertz CT molecular complexity index is 1550. The molecule has 0 aliphatic carbocycles. The summed E-state index contributed by atoms with van der Waals surface area (Å²) in [5, 5.41) is 8.46. The van der Waals surface area contributed by atoms with E-state index in [0.29, 0.717) is 53.7 Å². The number of hydrogen-bond donors (Lipinski definition) is 2. The predicted molar refractivity (Wildman–Crippen MR) is 142 cm³/mol. The molecule has 3 heterocycles. The van der Waals surface area contributed by atoms with Crippen LogP contribution in [-0.2, 0) is 4.74 Å². The molecule has 4 aromatic rings. The lowest BCUT2D eigenvalue weighted by atomic mass is 9.93. The standard InChI is InChI=1S/C28H31N5O4/c1-17-8-5-6-9-19(17)26(35)29-20-10-7-11-21-24(20)25-30-23(34)16-22(33(25)31-21)18-12-14-32(15-13-18)27(36)37-28(2,3)4/h5-11,16,18H,12-15H2,1-4H3,(H,29,35)(H,30,34). The van der Waals surface area contributed by atoms with Gasteiger partial charge in [-0.25, -0.2) is 9.31 Å². The third-order valence-corrected chi connectivity index (χ3v) is 6.67. The Morgan fingerprint density at radius 3 is 2.51 bits per heavy atom. The van der Waals surface area contributed by atoms with Crippen molar-refractivity contribution in [3.05, 3.63) is 75.7 Å². The van der Waals surface area contributed by atoms with Gasteiger partial charge in [-0.2, -0.15) is 5.10 Å². The third-order valence-electron chi connectivity index (χ3n) is 6.67. The van der Waals surface area contributed by atoms with Crippen molar-refractivity contribution < 1.29 is 14.3 Å². The number of amides is 2. The lowest BCUT2D eigenvalue weighted by molar-refractivity contribution is 0.0203. The quantitative estimate of drug-likeness (QED) is 0.417. The van der Waals surface area contributed by atoms with Gasteiger partial charge in [0.1, 0.15) is 11.2 Å². The highest BCUT2D eigenvalue weighted by molar-refractivity contribution is 6.12. The van der Waals surface area contributed by atoms with Crippen LogP contribution < -0.4 is 10.9 Å². The van der Waals surface area contributed by atoms with Gasteiger partial charge in [-0.3, -0.25) is 9.59 Å². The molecule has 1 aliphatic rings. The van der Waals surface area contributed by atoms with Gasteiger partial charge in [-0.05, 0) is 64.3 Å². The Labute approximate surface area is 214 Å². The van der Waals surface area contributed by atoms with E-state index in [-0.39, 0.29) is 23.5 Å². The molecule has 1 saturated heterocycles. The molecular weight excluding hydrogens is 470 g/mol. The number of aryl methyl sites for hydroxylation is 1. The summed E-state index contributed by atoms with van der Waals surface area (Å²) < 4.78 is 7.28. The molecule has 1 aliphatic heterocycles. The number of nitrogens with zero attached hydrogens (tertiary/aromatic N) is 3. The number of ether oxygens (including phenoxy) is 1. The van der Waals surface area contributed by atoms with Gasteiger partial charge in [0.15, 0.2) is 0 Å². The van der Waals surface area contributed by atoms with Crippen molar-refractivity contribution >= 4 is 34.2 Å². The maximum absolute atomic E-state index is 13.0. The third kappa shape index (κ3) is 4.94. The topological polar surface area (TPSA) is 109 Å². The lowest BCUT2D eigenvalue weighted by Crippen LogP contribution is -2.41. The van der Waals surface area contributed by atoms with Crippen LogP contribution in [0.25, 0.3) is 16.6 Å². The summed E-state index contributed by atoms with van der Waals surface area (Å²) in [4.78, 5) is 42.9. The number of anilines is 1. The van der Waals surface area contributed by atoms with Crippen LogP contribution in [0.3, 0.4) is 0 Å². The molecular formula is C28H31N5O4. The van der Waals surface area contributed by atoms with E-state index in [1.165, 1.54) is 0 Å². The minimum Gasteiger partial charge on any atom is -0.444 e. The molecule has 1 fully saturated rings. The summed E-state index contributed by atoms with van der Waals surface area (Å²) in [6.07, 6.45) is 1.05. The lowest BCUT2D eigenvalue weighted by Gasteiger charge is -2.33. The zero-order chi connectivity index (χ0) is 26.3. The number of likely N-dealkylation sites (tertiary alicyclic amines) is 1. The number of nitrogens with one attached hydrogen (secondary N) is 2. The van der Waals surface area contributed by atoms with Gasteiger partial charge >= 0.3 is 6.09 Å². The van der Waals surface area contributed by atoms with Crippen molar-refractivity contribution in [1.29, 1.82) is 0 Å². The van der Waals surface area contributed by atoms with Crippen molar-refractivity contribution in [3.8, 4) is 0 Å². The average molecular weight is 502 g/mol. The van der Waals surface area contributed by atoms with E-state index < -0.39 is 5.60 Å². The first kappa shape index (κ1) is 24.5. The molecule has 2 aromatic heterocycles. The highest BCUT2D eigenvalue weighted by Crippen LogP contribution is 2.32. The Balaban J connectivity index is 1.47. The van der Waals surface area contributed by atoms with Crippen molar-refractivity contribution in [2.24, 2.45) is 0 Å².